The third kappa shape index (κ3) is 2.66. The van der Waals surface area contributed by atoms with Crippen LogP contribution in [0.4, 0.5) is 0 Å². The summed E-state index contributed by atoms with van der Waals surface area (Å²) in [6, 6.07) is 0. The molecule has 1 aliphatic heterocycles. The van der Waals surface area contributed by atoms with Gasteiger partial charge in [-0.2, -0.15) is 0 Å². The summed E-state index contributed by atoms with van der Waals surface area (Å²) in [5.74, 6) is 0. The molecule has 0 saturated carbocycles. The van der Waals surface area contributed by atoms with Crippen LogP contribution in [0.2, 0.25) is 0 Å². The molecule has 0 aromatic heterocycles. The fraction of sp³-hybridized carbons (Fsp3) is 0.800. The molecule has 1 atom stereocenters. The van der Waals surface area contributed by atoms with Gasteiger partial charge < -0.3 is 5.32 Å². The quantitative estimate of drug-likeness (QED) is 0.577. The van der Waals surface area contributed by atoms with Gasteiger partial charge >= 0.3 is 0 Å². The molecule has 1 rings (SSSR count). The van der Waals surface area contributed by atoms with E-state index >= 15 is 0 Å². The van der Waals surface area contributed by atoms with Gasteiger partial charge in [-0.05, 0) is 19.9 Å². The van der Waals surface area contributed by atoms with Gasteiger partial charge in [0.25, 0.3) is 0 Å². The highest BCUT2D eigenvalue weighted by molar-refractivity contribution is 5.08. The first kappa shape index (κ1) is 10.7. The molecular weight excluding hydrogens is 134 g/mol. The Morgan fingerprint density at radius 2 is 2.09 bits per heavy atom. The van der Waals surface area contributed by atoms with Crippen molar-refractivity contribution in [3.63, 3.8) is 0 Å². The average molecular weight is 157 g/mol. The van der Waals surface area contributed by atoms with Gasteiger partial charge in [0.15, 0.2) is 0 Å². The largest absolute Gasteiger partial charge is 0.316 e. The molecule has 0 amide bonds. The highest BCUT2D eigenvalue weighted by Crippen LogP contribution is 2.31. The van der Waals surface area contributed by atoms with Crippen LogP contribution in [0.1, 0.15) is 35.5 Å². The van der Waals surface area contributed by atoms with Crippen molar-refractivity contribution in [2.75, 3.05) is 13.1 Å². The summed E-state index contributed by atoms with van der Waals surface area (Å²) in [4.78, 5) is 0. The van der Waals surface area contributed by atoms with Crippen molar-refractivity contribution in [2.45, 2.75) is 34.1 Å². The van der Waals surface area contributed by atoms with E-state index in [1.54, 1.807) is 0 Å². The van der Waals surface area contributed by atoms with E-state index in [1.165, 1.54) is 12.0 Å². The number of hydrogen-bond donors (Lipinski definition) is 1. The third-order valence-electron chi connectivity index (χ3n) is 2.40. The van der Waals surface area contributed by atoms with Gasteiger partial charge in [-0.15, -0.1) is 0 Å². The lowest BCUT2D eigenvalue weighted by Crippen LogP contribution is -2.20. The maximum atomic E-state index is 3.97. The van der Waals surface area contributed by atoms with Gasteiger partial charge in [0.2, 0.25) is 0 Å². The average Bonchev–Trinajstić information content (AvgIpc) is 2.42. The van der Waals surface area contributed by atoms with Gasteiger partial charge in [0, 0.05) is 13.4 Å². The van der Waals surface area contributed by atoms with E-state index in [1.807, 2.05) is 13.8 Å². The molecule has 1 aliphatic rings. The maximum Gasteiger partial charge on any atom is 0.00428 e. The van der Waals surface area contributed by atoms with Crippen LogP contribution in [-0.4, -0.2) is 13.1 Å². The summed E-state index contributed by atoms with van der Waals surface area (Å²) in [6.07, 6.45) is 1.25. The zero-order valence-corrected chi connectivity index (χ0v) is 8.33. The lowest BCUT2D eigenvalue weighted by Gasteiger charge is -2.22. The number of rotatable bonds is 1. The summed E-state index contributed by atoms with van der Waals surface area (Å²) in [6.45, 7) is 14.6. The Morgan fingerprint density at radius 3 is 2.27 bits per heavy atom. The van der Waals surface area contributed by atoms with Crippen LogP contribution in [0, 0.1) is 5.41 Å². The molecule has 0 aromatic rings. The predicted molar refractivity (Wildman–Crippen MR) is 53.9 cm³/mol. The molecule has 1 heteroatoms. The number of nitrogens with one attached hydrogen (secondary N) is 1. The summed E-state index contributed by atoms with van der Waals surface area (Å²) in [5, 5.41) is 3.33. The summed E-state index contributed by atoms with van der Waals surface area (Å²) in [5.41, 5.74) is 1.70. The lowest BCUT2D eigenvalue weighted by atomic mass is 9.83. The Bertz CT molecular complexity index is 126. The molecule has 0 aromatic carbocycles. The van der Waals surface area contributed by atoms with E-state index in [4.69, 9.17) is 0 Å². The Balaban J connectivity index is 0. The second-order valence-electron chi connectivity index (χ2n) is 3.27. The molecule has 0 spiro atoms. The van der Waals surface area contributed by atoms with Gasteiger partial charge in [-0.1, -0.05) is 32.9 Å². The van der Waals surface area contributed by atoms with E-state index < -0.39 is 0 Å². The standard InChI is InChI=1S/C8H15N.C2H6.H2/c1-7(2)8(3)4-5-9-6-8;1-2;/h9H,1,4-6H2,2-3H3;1-2H3;1H. The number of hydrogen-bond acceptors (Lipinski definition) is 1. The van der Waals surface area contributed by atoms with Crippen LogP contribution >= 0.6 is 0 Å². The van der Waals surface area contributed by atoms with Crippen LogP contribution in [0.5, 0.6) is 0 Å². The van der Waals surface area contributed by atoms with Crippen LogP contribution in [0.3, 0.4) is 0 Å². The minimum atomic E-state index is 0. The Hall–Kier alpha value is -0.300. The molecule has 1 heterocycles. The lowest BCUT2D eigenvalue weighted by molar-refractivity contribution is 0.447. The zero-order valence-electron chi connectivity index (χ0n) is 8.33. The van der Waals surface area contributed by atoms with Crippen molar-refractivity contribution in [2.24, 2.45) is 5.41 Å². The first-order chi connectivity index (χ1) is 5.15. The second-order valence-corrected chi connectivity index (χ2v) is 3.27. The summed E-state index contributed by atoms with van der Waals surface area (Å²) >= 11 is 0. The molecule has 1 N–H and O–H groups in total. The van der Waals surface area contributed by atoms with Gasteiger partial charge in [-0.3, -0.25) is 0 Å². The highest BCUT2D eigenvalue weighted by atomic mass is 14.9. The van der Waals surface area contributed by atoms with E-state index in [0.29, 0.717) is 5.41 Å². The molecule has 1 unspecified atom stereocenters. The van der Waals surface area contributed by atoms with Crippen molar-refractivity contribution in [3.05, 3.63) is 12.2 Å². The minimum Gasteiger partial charge on any atom is -0.316 e. The van der Waals surface area contributed by atoms with Crippen molar-refractivity contribution in [1.82, 2.24) is 5.32 Å². The zero-order chi connectivity index (χ0) is 8.91. The van der Waals surface area contributed by atoms with E-state index in [9.17, 15) is 0 Å². The van der Waals surface area contributed by atoms with Gasteiger partial charge in [0.1, 0.15) is 0 Å². The molecule has 0 radical (unpaired) electrons. The molecular formula is C10H23N. The predicted octanol–water partition coefficient (Wildman–Crippen LogP) is 2.83. The maximum absolute atomic E-state index is 3.97. The smallest absolute Gasteiger partial charge is 0.00428 e. The molecule has 0 bridgehead atoms. The van der Waals surface area contributed by atoms with Crippen molar-refractivity contribution < 1.29 is 1.43 Å². The van der Waals surface area contributed by atoms with Gasteiger partial charge in [-0.25, -0.2) is 0 Å². The topological polar surface area (TPSA) is 12.0 Å². The van der Waals surface area contributed by atoms with Crippen LogP contribution < -0.4 is 5.32 Å². The first-order valence-corrected chi connectivity index (χ1v) is 4.52. The van der Waals surface area contributed by atoms with Crippen LogP contribution in [0.15, 0.2) is 12.2 Å². The molecule has 11 heavy (non-hydrogen) atoms. The van der Waals surface area contributed by atoms with Crippen molar-refractivity contribution in [1.29, 1.82) is 0 Å². The molecule has 68 valence electrons. The molecule has 1 fully saturated rings. The summed E-state index contributed by atoms with van der Waals surface area (Å²) < 4.78 is 0. The fourth-order valence-electron chi connectivity index (χ4n) is 1.18. The Morgan fingerprint density at radius 1 is 1.55 bits per heavy atom. The first-order valence-electron chi connectivity index (χ1n) is 4.52. The Labute approximate surface area is 72.4 Å². The Kier molecular flexibility index (Phi) is 4.43. The third-order valence-corrected chi connectivity index (χ3v) is 2.40. The van der Waals surface area contributed by atoms with Crippen molar-refractivity contribution >= 4 is 0 Å². The van der Waals surface area contributed by atoms with E-state index in [-0.39, 0.29) is 1.43 Å². The van der Waals surface area contributed by atoms with Crippen molar-refractivity contribution in [3.8, 4) is 0 Å². The second kappa shape index (κ2) is 4.55. The van der Waals surface area contributed by atoms with Gasteiger partial charge in [0.05, 0.1) is 0 Å². The van der Waals surface area contributed by atoms with E-state index in [0.717, 1.165) is 13.1 Å². The normalized spacial score (nSPS) is 29.1. The van der Waals surface area contributed by atoms with E-state index in [2.05, 4.69) is 25.7 Å². The SMILES string of the molecule is C=C(C)C1(C)CCNC1.CC.[HH]. The van der Waals surface area contributed by atoms with Crippen LogP contribution in [0.25, 0.3) is 0 Å². The fourth-order valence-corrected chi connectivity index (χ4v) is 1.18. The highest BCUT2D eigenvalue weighted by Gasteiger charge is 2.28. The van der Waals surface area contributed by atoms with Crippen LogP contribution in [-0.2, 0) is 0 Å². The molecule has 1 saturated heterocycles. The monoisotopic (exact) mass is 157 g/mol. The molecule has 0 aliphatic carbocycles. The summed E-state index contributed by atoms with van der Waals surface area (Å²) in [7, 11) is 0. The molecule has 1 nitrogen and oxygen atoms in total. The minimum absolute atomic E-state index is 0.